The Morgan fingerprint density at radius 1 is 1.30 bits per heavy atom. The molecule has 1 spiro atoms. The first-order chi connectivity index (χ1) is 17.7. The van der Waals surface area contributed by atoms with E-state index in [9.17, 15) is 22.8 Å². The van der Waals surface area contributed by atoms with E-state index >= 15 is 0 Å². The Labute approximate surface area is 210 Å². The van der Waals surface area contributed by atoms with Crippen LogP contribution in [0, 0.1) is 5.92 Å². The van der Waals surface area contributed by atoms with Gasteiger partial charge in [-0.25, -0.2) is 4.68 Å². The monoisotopic (exact) mass is 514 g/mol. The largest absolute Gasteiger partial charge is 0.484 e. The van der Waals surface area contributed by atoms with Gasteiger partial charge >= 0.3 is 6.18 Å². The molecule has 3 heterocycles. The molecule has 2 aliphatic carbocycles. The van der Waals surface area contributed by atoms with Gasteiger partial charge in [-0.05, 0) is 54.5 Å². The van der Waals surface area contributed by atoms with Gasteiger partial charge in [-0.15, -0.1) is 0 Å². The maximum absolute atomic E-state index is 13.5. The van der Waals surface area contributed by atoms with Gasteiger partial charge in [0.1, 0.15) is 23.4 Å². The average Bonchev–Trinajstić information content (AvgIpc) is 3.23. The molecule has 3 aliphatic rings. The Kier molecular flexibility index (Phi) is 5.54. The van der Waals surface area contributed by atoms with Crippen molar-refractivity contribution < 1.29 is 31.9 Å². The van der Waals surface area contributed by atoms with Gasteiger partial charge in [-0.2, -0.15) is 18.3 Å². The zero-order valence-electron chi connectivity index (χ0n) is 19.9. The van der Waals surface area contributed by atoms with Gasteiger partial charge in [-0.1, -0.05) is 18.9 Å². The van der Waals surface area contributed by atoms with Crippen LogP contribution in [0.2, 0.25) is 0 Å². The maximum Gasteiger partial charge on any atom is 0.422 e. The third kappa shape index (κ3) is 4.58. The summed E-state index contributed by atoms with van der Waals surface area (Å²) in [7, 11) is 0. The van der Waals surface area contributed by atoms with E-state index in [1.807, 2.05) is 0 Å². The van der Waals surface area contributed by atoms with Crippen LogP contribution >= 0.6 is 0 Å². The van der Waals surface area contributed by atoms with Crippen LogP contribution in [-0.4, -0.2) is 34.4 Å². The van der Waals surface area contributed by atoms with Crippen LogP contribution in [0.4, 0.5) is 19.0 Å². The summed E-state index contributed by atoms with van der Waals surface area (Å²) >= 11 is 0. The van der Waals surface area contributed by atoms with E-state index in [1.54, 1.807) is 22.9 Å². The van der Waals surface area contributed by atoms with Crippen molar-refractivity contribution >= 4 is 17.6 Å². The lowest BCUT2D eigenvalue weighted by atomic mass is 9.82. The molecule has 1 aliphatic heterocycles. The second kappa shape index (κ2) is 8.67. The lowest BCUT2D eigenvalue weighted by molar-refractivity contribution is -0.153. The second-order valence-electron chi connectivity index (χ2n) is 10.0. The molecule has 11 heteroatoms. The van der Waals surface area contributed by atoms with Crippen LogP contribution in [0.3, 0.4) is 0 Å². The number of hydrogen-bond acceptors (Lipinski definition) is 5. The standard InChI is InChI=1S/C26H25F3N4O4/c27-26(28,29)14-37-18-3-4-19-16(11-18)5-8-25(19)12-20-21(24(35)31-25)22(30-23(34)17-7-10-36-13-17)33(32-20)9-6-15-1-2-15/h3-4,7,10-11,13,15H,1-2,5-6,8-9,12,14H2,(H,30,34)(H,31,35)/t25-/m0/s1. The highest BCUT2D eigenvalue weighted by Gasteiger charge is 2.46. The Balaban J connectivity index is 1.30. The van der Waals surface area contributed by atoms with Crippen LogP contribution in [0.15, 0.2) is 41.2 Å². The molecule has 6 rings (SSSR count). The number of alkyl halides is 3. The van der Waals surface area contributed by atoms with Gasteiger partial charge in [0.25, 0.3) is 11.8 Å². The molecule has 1 atom stereocenters. The number of nitrogens with one attached hydrogen (secondary N) is 2. The fourth-order valence-corrected chi connectivity index (χ4v) is 5.35. The first kappa shape index (κ1) is 23.6. The van der Waals surface area contributed by atoms with E-state index in [0.717, 1.165) is 17.5 Å². The number of halogens is 3. The summed E-state index contributed by atoms with van der Waals surface area (Å²) in [5.41, 5.74) is 2.24. The molecular formula is C26H25F3N4O4. The number of amides is 2. The number of fused-ring (bicyclic) bond motifs is 3. The fraction of sp³-hybridized carbons (Fsp3) is 0.423. The van der Waals surface area contributed by atoms with Crippen LogP contribution in [-0.2, 0) is 24.9 Å². The van der Waals surface area contributed by atoms with Crippen LogP contribution in [0.25, 0.3) is 0 Å². The highest BCUT2D eigenvalue weighted by atomic mass is 19.4. The summed E-state index contributed by atoms with van der Waals surface area (Å²) in [4.78, 5) is 26.3. The SMILES string of the molecule is O=C(Nc1c2c(nn1CCC1CC1)C[C@]1(CCc3cc(OCC(F)(F)F)ccc31)NC2=O)c1ccoc1. The number of aromatic nitrogens is 2. The predicted octanol–water partition coefficient (Wildman–Crippen LogP) is 4.60. The van der Waals surface area contributed by atoms with E-state index in [2.05, 4.69) is 10.6 Å². The summed E-state index contributed by atoms with van der Waals surface area (Å²) in [6.45, 7) is -0.780. The van der Waals surface area contributed by atoms with E-state index in [-0.39, 0.29) is 11.7 Å². The number of anilines is 1. The van der Waals surface area contributed by atoms with Crippen molar-refractivity contribution in [1.29, 1.82) is 0 Å². The van der Waals surface area contributed by atoms with Crippen LogP contribution < -0.4 is 15.4 Å². The molecule has 1 saturated carbocycles. The van der Waals surface area contributed by atoms with Crippen molar-refractivity contribution in [3.63, 3.8) is 0 Å². The molecule has 8 nitrogen and oxygen atoms in total. The smallest absolute Gasteiger partial charge is 0.422 e. The minimum absolute atomic E-state index is 0.143. The molecule has 194 valence electrons. The van der Waals surface area contributed by atoms with Gasteiger partial charge in [0.15, 0.2) is 6.61 Å². The second-order valence-corrected chi connectivity index (χ2v) is 10.0. The number of rotatable bonds is 7. The molecule has 0 saturated heterocycles. The summed E-state index contributed by atoms with van der Waals surface area (Å²) in [6, 6.07) is 6.39. The fourth-order valence-electron chi connectivity index (χ4n) is 5.35. The molecule has 3 aromatic rings. The Hall–Kier alpha value is -3.76. The highest BCUT2D eigenvalue weighted by Crippen LogP contribution is 2.44. The molecule has 0 bridgehead atoms. The van der Waals surface area contributed by atoms with Gasteiger partial charge in [0.2, 0.25) is 0 Å². The number of aryl methyl sites for hydroxylation is 2. The van der Waals surface area contributed by atoms with E-state index in [1.165, 1.54) is 31.4 Å². The summed E-state index contributed by atoms with van der Waals surface area (Å²) in [6.07, 6.45) is 3.16. The van der Waals surface area contributed by atoms with Crippen molar-refractivity contribution in [2.75, 3.05) is 11.9 Å². The van der Waals surface area contributed by atoms with Gasteiger partial charge in [0.05, 0.1) is 23.1 Å². The van der Waals surface area contributed by atoms with Crippen molar-refractivity contribution in [2.45, 2.75) is 56.8 Å². The van der Waals surface area contributed by atoms with Crippen molar-refractivity contribution in [3.05, 3.63) is 64.7 Å². The summed E-state index contributed by atoms with van der Waals surface area (Å²) < 4.78 is 49.3. The predicted molar refractivity (Wildman–Crippen MR) is 125 cm³/mol. The van der Waals surface area contributed by atoms with Gasteiger partial charge in [0, 0.05) is 13.0 Å². The number of carbonyl (C=O) groups excluding carboxylic acids is 2. The van der Waals surface area contributed by atoms with Crippen molar-refractivity contribution in [3.8, 4) is 5.75 Å². The molecule has 2 aromatic heterocycles. The van der Waals surface area contributed by atoms with Gasteiger partial charge in [-0.3, -0.25) is 9.59 Å². The molecule has 37 heavy (non-hydrogen) atoms. The van der Waals surface area contributed by atoms with Crippen molar-refractivity contribution in [1.82, 2.24) is 15.1 Å². The lowest BCUT2D eigenvalue weighted by Gasteiger charge is -2.35. The van der Waals surface area contributed by atoms with E-state index in [0.29, 0.717) is 54.4 Å². The Bertz CT molecular complexity index is 1360. The molecular weight excluding hydrogens is 489 g/mol. The van der Waals surface area contributed by atoms with E-state index in [4.69, 9.17) is 14.3 Å². The number of hydrogen-bond donors (Lipinski definition) is 2. The summed E-state index contributed by atoms with van der Waals surface area (Å²) in [5.74, 6) is 0.406. The molecule has 2 amide bonds. The lowest BCUT2D eigenvalue weighted by Crippen LogP contribution is -2.49. The third-order valence-electron chi connectivity index (χ3n) is 7.35. The number of carbonyl (C=O) groups is 2. The highest BCUT2D eigenvalue weighted by molar-refractivity contribution is 6.09. The first-order valence-electron chi connectivity index (χ1n) is 12.3. The normalized spacial score (nSPS) is 20.5. The zero-order valence-corrected chi connectivity index (χ0v) is 19.9. The van der Waals surface area contributed by atoms with Crippen molar-refractivity contribution in [2.24, 2.45) is 5.92 Å². The number of benzene rings is 1. The molecule has 0 radical (unpaired) electrons. The molecule has 0 unspecified atom stereocenters. The topological polar surface area (TPSA) is 98.4 Å². The summed E-state index contributed by atoms with van der Waals surface area (Å²) in [5, 5.41) is 10.8. The Morgan fingerprint density at radius 2 is 2.14 bits per heavy atom. The number of ether oxygens (including phenoxy) is 1. The van der Waals surface area contributed by atoms with E-state index < -0.39 is 24.2 Å². The zero-order chi connectivity index (χ0) is 25.8. The number of furan rings is 1. The molecule has 1 fully saturated rings. The minimum atomic E-state index is -4.42. The third-order valence-corrected chi connectivity index (χ3v) is 7.35. The van der Waals surface area contributed by atoms with Gasteiger partial charge < -0.3 is 19.8 Å². The minimum Gasteiger partial charge on any atom is -0.484 e. The molecule has 2 N–H and O–H groups in total. The first-order valence-corrected chi connectivity index (χ1v) is 12.3. The Morgan fingerprint density at radius 3 is 2.86 bits per heavy atom. The van der Waals surface area contributed by atoms with Crippen LogP contribution in [0.1, 0.15) is 63.2 Å². The quantitative estimate of drug-likeness (QED) is 0.480. The molecule has 1 aromatic carbocycles. The maximum atomic E-state index is 13.5. The van der Waals surface area contributed by atoms with Crippen LogP contribution in [0.5, 0.6) is 5.75 Å². The number of nitrogens with zero attached hydrogens (tertiary/aromatic N) is 2. The average molecular weight is 515 g/mol.